The molecule has 0 aliphatic heterocycles. The van der Waals surface area contributed by atoms with Crippen molar-refractivity contribution < 1.29 is 8.42 Å². The lowest BCUT2D eigenvalue weighted by atomic mass is 10.1. The number of nitrogens with two attached hydrogens (primary N) is 1. The number of aryl methyl sites for hydroxylation is 1. The van der Waals surface area contributed by atoms with E-state index in [9.17, 15) is 8.42 Å². The third-order valence-corrected chi connectivity index (χ3v) is 4.40. The number of nitrogens with zero attached hydrogens (tertiary/aromatic N) is 1. The minimum Gasteiger partial charge on any atom is -0.308 e. The van der Waals surface area contributed by atoms with Gasteiger partial charge >= 0.3 is 0 Å². The van der Waals surface area contributed by atoms with E-state index < -0.39 is 10.0 Å². The zero-order chi connectivity index (χ0) is 14.8. The average Bonchev–Trinajstić information content (AvgIpc) is 2.44. The number of nitrogen functional groups attached to an aromatic ring is 1. The lowest BCUT2D eigenvalue weighted by molar-refractivity contribution is 0.601. The number of hydrazine groups is 1. The molecule has 1 aromatic carbocycles. The van der Waals surface area contributed by atoms with E-state index in [-0.39, 0.29) is 10.7 Å². The molecule has 0 radical (unpaired) electrons. The van der Waals surface area contributed by atoms with E-state index in [1.807, 2.05) is 19.9 Å². The summed E-state index contributed by atoms with van der Waals surface area (Å²) < 4.78 is 27.2. The van der Waals surface area contributed by atoms with E-state index in [1.165, 1.54) is 18.3 Å². The van der Waals surface area contributed by atoms with Crippen molar-refractivity contribution in [3.8, 4) is 0 Å². The molecule has 0 aliphatic carbocycles. The lowest BCUT2D eigenvalue weighted by Gasteiger charge is -2.12. The molecule has 0 unspecified atom stereocenters. The van der Waals surface area contributed by atoms with E-state index in [4.69, 9.17) is 5.84 Å². The monoisotopic (exact) mass is 292 g/mol. The Morgan fingerprint density at radius 2 is 1.95 bits per heavy atom. The van der Waals surface area contributed by atoms with Gasteiger partial charge < -0.3 is 5.43 Å². The second-order valence-corrected chi connectivity index (χ2v) is 6.06. The van der Waals surface area contributed by atoms with Crippen LogP contribution in [0.3, 0.4) is 0 Å². The standard InChI is InChI=1S/C13H16N4O2S/c1-9-4-3-5-12(10(9)2)17-20(18,19)11-6-7-15-13(8-11)16-14/h3-8,17H,14H2,1-2H3,(H,15,16). The molecule has 2 rings (SSSR count). The minimum absolute atomic E-state index is 0.0985. The molecule has 20 heavy (non-hydrogen) atoms. The number of pyridine rings is 1. The first-order valence-electron chi connectivity index (χ1n) is 5.96. The molecule has 0 bridgehead atoms. The fourth-order valence-corrected chi connectivity index (χ4v) is 2.86. The molecule has 0 saturated heterocycles. The Kier molecular flexibility index (Phi) is 3.91. The summed E-state index contributed by atoms with van der Waals surface area (Å²) in [7, 11) is -3.67. The summed E-state index contributed by atoms with van der Waals surface area (Å²) in [4.78, 5) is 3.98. The van der Waals surface area contributed by atoms with Gasteiger partial charge in [0, 0.05) is 12.3 Å². The predicted molar refractivity (Wildman–Crippen MR) is 78.8 cm³/mol. The fraction of sp³-hybridized carbons (Fsp3) is 0.154. The summed E-state index contributed by atoms with van der Waals surface area (Å²) >= 11 is 0. The smallest absolute Gasteiger partial charge is 0.262 e. The van der Waals surface area contributed by atoms with Crippen molar-refractivity contribution in [2.75, 3.05) is 10.1 Å². The molecule has 106 valence electrons. The number of hydrogen-bond donors (Lipinski definition) is 3. The number of aromatic nitrogens is 1. The minimum atomic E-state index is -3.67. The molecule has 0 saturated carbocycles. The molecule has 4 N–H and O–H groups in total. The van der Waals surface area contributed by atoms with E-state index in [0.717, 1.165) is 11.1 Å². The maximum atomic E-state index is 12.3. The van der Waals surface area contributed by atoms with Crippen LogP contribution >= 0.6 is 0 Å². The van der Waals surface area contributed by atoms with Crippen molar-refractivity contribution >= 4 is 21.5 Å². The van der Waals surface area contributed by atoms with Gasteiger partial charge in [-0.3, -0.25) is 4.72 Å². The van der Waals surface area contributed by atoms with Gasteiger partial charge in [0.05, 0.1) is 10.6 Å². The maximum absolute atomic E-state index is 12.3. The summed E-state index contributed by atoms with van der Waals surface area (Å²) in [5, 5.41) is 0. The van der Waals surface area contributed by atoms with Gasteiger partial charge in [-0.2, -0.15) is 0 Å². The molecule has 0 amide bonds. The van der Waals surface area contributed by atoms with Crippen molar-refractivity contribution in [3.05, 3.63) is 47.7 Å². The van der Waals surface area contributed by atoms with Crippen molar-refractivity contribution in [1.29, 1.82) is 0 Å². The summed E-state index contributed by atoms with van der Waals surface area (Å²) in [5.74, 6) is 5.52. The summed E-state index contributed by atoms with van der Waals surface area (Å²) in [6, 6.07) is 8.24. The third kappa shape index (κ3) is 2.89. The van der Waals surface area contributed by atoms with E-state index in [1.54, 1.807) is 12.1 Å². The van der Waals surface area contributed by atoms with Crippen molar-refractivity contribution in [2.24, 2.45) is 5.84 Å². The Balaban J connectivity index is 2.38. The van der Waals surface area contributed by atoms with Gasteiger partial charge in [0.1, 0.15) is 5.82 Å². The number of nitrogens with one attached hydrogen (secondary N) is 2. The van der Waals surface area contributed by atoms with E-state index in [0.29, 0.717) is 5.69 Å². The molecule has 6 nitrogen and oxygen atoms in total. The highest BCUT2D eigenvalue weighted by atomic mass is 32.2. The van der Waals surface area contributed by atoms with Crippen LogP contribution in [0.15, 0.2) is 41.4 Å². The van der Waals surface area contributed by atoms with Crippen LogP contribution in [0.5, 0.6) is 0 Å². The van der Waals surface area contributed by atoms with Crippen LogP contribution in [-0.4, -0.2) is 13.4 Å². The first-order valence-corrected chi connectivity index (χ1v) is 7.44. The van der Waals surface area contributed by atoms with Crippen LogP contribution in [-0.2, 0) is 10.0 Å². The summed E-state index contributed by atoms with van der Waals surface area (Å²) in [6.45, 7) is 3.79. The molecule has 0 atom stereocenters. The number of benzene rings is 1. The first-order chi connectivity index (χ1) is 9.44. The van der Waals surface area contributed by atoms with Crippen LogP contribution in [0.25, 0.3) is 0 Å². The number of anilines is 2. The van der Waals surface area contributed by atoms with Gasteiger partial charge in [-0.1, -0.05) is 12.1 Å². The van der Waals surface area contributed by atoms with Crippen LogP contribution < -0.4 is 16.0 Å². The summed E-state index contributed by atoms with van der Waals surface area (Å²) in [6.07, 6.45) is 1.38. The Labute approximate surface area is 118 Å². The second kappa shape index (κ2) is 5.48. The highest BCUT2D eigenvalue weighted by Crippen LogP contribution is 2.22. The van der Waals surface area contributed by atoms with Gasteiger partial charge in [-0.15, -0.1) is 0 Å². The average molecular weight is 292 g/mol. The number of hydrogen-bond acceptors (Lipinski definition) is 5. The molecule has 7 heteroatoms. The molecule has 0 spiro atoms. The number of sulfonamides is 1. The molecule has 0 aliphatic rings. The van der Waals surface area contributed by atoms with Gasteiger partial charge in [0.15, 0.2) is 0 Å². The zero-order valence-electron chi connectivity index (χ0n) is 11.2. The van der Waals surface area contributed by atoms with Crippen LogP contribution in [0.2, 0.25) is 0 Å². The SMILES string of the molecule is Cc1cccc(NS(=O)(=O)c2ccnc(NN)c2)c1C. The second-order valence-electron chi connectivity index (χ2n) is 4.37. The van der Waals surface area contributed by atoms with Crippen LogP contribution in [0, 0.1) is 13.8 Å². The van der Waals surface area contributed by atoms with Crippen LogP contribution in [0.1, 0.15) is 11.1 Å². The molecular formula is C13H16N4O2S. The largest absolute Gasteiger partial charge is 0.308 e. The predicted octanol–water partition coefficient (Wildman–Crippen LogP) is 1.78. The quantitative estimate of drug-likeness (QED) is 0.589. The third-order valence-electron chi connectivity index (χ3n) is 3.04. The molecule has 0 fully saturated rings. The van der Waals surface area contributed by atoms with Crippen molar-refractivity contribution in [3.63, 3.8) is 0 Å². The highest BCUT2D eigenvalue weighted by molar-refractivity contribution is 7.92. The Hall–Kier alpha value is -2.12. The number of rotatable bonds is 4. The van der Waals surface area contributed by atoms with Gasteiger partial charge in [-0.25, -0.2) is 19.2 Å². The normalized spacial score (nSPS) is 11.2. The molecule has 2 aromatic rings. The molecule has 1 aromatic heterocycles. The van der Waals surface area contributed by atoms with E-state index >= 15 is 0 Å². The Morgan fingerprint density at radius 1 is 1.20 bits per heavy atom. The highest BCUT2D eigenvalue weighted by Gasteiger charge is 2.16. The van der Waals surface area contributed by atoms with E-state index in [2.05, 4.69) is 15.1 Å². The topological polar surface area (TPSA) is 97.1 Å². The van der Waals surface area contributed by atoms with Gasteiger partial charge in [0.25, 0.3) is 10.0 Å². The summed E-state index contributed by atoms with van der Waals surface area (Å²) in [5.41, 5.74) is 4.79. The van der Waals surface area contributed by atoms with Gasteiger partial charge in [0.2, 0.25) is 0 Å². The maximum Gasteiger partial charge on any atom is 0.262 e. The van der Waals surface area contributed by atoms with Crippen molar-refractivity contribution in [2.45, 2.75) is 18.7 Å². The Bertz CT molecular complexity index is 729. The van der Waals surface area contributed by atoms with Crippen LogP contribution in [0.4, 0.5) is 11.5 Å². The molecular weight excluding hydrogens is 276 g/mol. The Morgan fingerprint density at radius 3 is 2.65 bits per heavy atom. The van der Waals surface area contributed by atoms with Crippen molar-refractivity contribution in [1.82, 2.24) is 4.98 Å². The lowest BCUT2D eigenvalue weighted by Crippen LogP contribution is -2.15. The fourth-order valence-electron chi connectivity index (χ4n) is 1.72. The first kappa shape index (κ1) is 14.3. The molecule has 1 heterocycles. The zero-order valence-corrected chi connectivity index (χ0v) is 12.0. The van der Waals surface area contributed by atoms with Gasteiger partial charge in [-0.05, 0) is 37.1 Å².